The summed E-state index contributed by atoms with van der Waals surface area (Å²) < 4.78 is 0. The Morgan fingerprint density at radius 3 is 2.50 bits per heavy atom. The van der Waals surface area contributed by atoms with Gasteiger partial charge in [0.1, 0.15) is 0 Å². The number of piperidine rings is 1. The van der Waals surface area contributed by atoms with E-state index in [2.05, 4.69) is 11.8 Å². The normalized spacial score (nSPS) is 22.5. The summed E-state index contributed by atoms with van der Waals surface area (Å²) in [6.45, 7) is 5.49. The Morgan fingerprint density at radius 1 is 1.36 bits per heavy atom. The van der Waals surface area contributed by atoms with Crippen molar-refractivity contribution in [3.05, 3.63) is 0 Å². The van der Waals surface area contributed by atoms with E-state index in [1.165, 1.54) is 19.4 Å². The third-order valence-electron chi connectivity index (χ3n) is 3.19. The van der Waals surface area contributed by atoms with Gasteiger partial charge in [-0.25, -0.2) is 0 Å². The lowest BCUT2D eigenvalue weighted by Crippen LogP contribution is -2.39. The molecule has 1 aliphatic rings. The second kappa shape index (κ2) is 6.38. The highest BCUT2D eigenvalue weighted by atomic mass is 16.3. The van der Waals surface area contributed by atoms with Crippen LogP contribution in [0.1, 0.15) is 32.6 Å². The zero-order valence-electron chi connectivity index (χ0n) is 9.15. The number of unbranched alkanes of at least 4 members (excludes halogenated alkanes) is 1. The Morgan fingerprint density at radius 2 is 2.00 bits per heavy atom. The molecule has 84 valence electrons. The highest BCUT2D eigenvalue weighted by Crippen LogP contribution is 2.20. The van der Waals surface area contributed by atoms with Crippen molar-refractivity contribution in [2.45, 2.75) is 38.7 Å². The second-order valence-electron chi connectivity index (χ2n) is 4.28. The van der Waals surface area contributed by atoms with E-state index in [1.807, 2.05) is 0 Å². The minimum atomic E-state index is -0.497. The Hall–Kier alpha value is -0.120. The number of aliphatic hydroxyl groups excluding tert-OH is 2. The van der Waals surface area contributed by atoms with Gasteiger partial charge < -0.3 is 15.1 Å². The van der Waals surface area contributed by atoms with Gasteiger partial charge in [0.25, 0.3) is 0 Å². The van der Waals surface area contributed by atoms with Crippen LogP contribution in [0, 0.1) is 5.92 Å². The van der Waals surface area contributed by atoms with Gasteiger partial charge in [0.15, 0.2) is 0 Å². The van der Waals surface area contributed by atoms with Crippen molar-refractivity contribution < 1.29 is 10.2 Å². The molecule has 0 aromatic carbocycles. The van der Waals surface area contributed by atoms with Crippen LogP contribution in [0.2, 0.25) is 0 Å². The molecule has 1 saturated heterocycles. The molecule has 0 aromatic rings. The molecule has 3 heteroatoms. The van der Waals surface area contributed by atoms with Crippen LogP contribution < -0.4 is 0 Å². The lowest BCUT2D eigenvalue weighted by molar-refractivity contribution is 0.0182. The average Bonchev–Trinajstić information content (AvgIpc) is 2.26. The third kappa shape index (κ3) is 3.56. The number of hydrogen-bond acceptors (Lipinski definition) is 3. The molecule has 1 fully saturated rings. The summed E-state index contributed by atoms with van der Waals surface area (Å²) in [5, 5.41) is 18.3. The summed E-state index contributed by atoms with van der Waals surface area (Å²) in [5.41, 5.74) is 0. The van der Waals surface area contributed by atoms with Gasteiger partial charge in [0.05, 0.1) is 12.7 Å². The van der Waals surface area contributed by atoms with E-state index in [0.717, 1.165) is 25.9 Å². The molecular weight excluding hydrogens is 178 g/mol. The number of hydrogen-bond donors (Lipinski definition) is 2. The maximum atomic E-state index is 9.48. The smallest absolute Gasteiger partial charge is 0.0799 e. The first-order chi connectivity index (χ1) is 6.77. The molecule has 0 spiro atoms. The molecule has 1 heterocycles. The van der Waals surface area contributed by atoms with Crippen LogP contribution in [0.15, 0.2) is 0 Å². The molecule has 3 nitrogen and oxygen atoms in total. The Kier molecular flexibility index (Phi) is 5.45. The predicted molar refractivity (Wildman–Crippen MR) is 57.2 cm³/mol. The number of rotatable bonds is 5. The van der Waals surface area contributed by atoms with Crippen LogP contribution in [0.25, 0.3) is 0 Å². The molecule has 14 heavy (non-hydrogen) atoms. The van der Waals surface area contributed by atoms with Gasteiger partial charge in [-0.1, -0.05) is 13.3 Å². The van der Waals surface area contributed by atoms with E-state index in [-0.39, 0.29) is 6.61 Å². The van der Waals surface area contributed by atoms with Crippen molar-refractivity contribution in [1.29, 1.82) is 0 Å². The molecule has 0 radical (unpaired) electrons. The predicted octanol–water partition coefficient (Wildman–Crippen LogP) is 0.852. The Bertz CT molecular complexity index is 144. The first kappa shape index (κ1) is 12.0. The number of likely N-dealkylation sites (tertiary alicyclic amines) is 1. The van der Waals surface area contributed by atoms with Crippen LogP contribution in [-0.2, 0) is 0 Å². The molecule has 0 aromatic heterocycles. The minimum Gasteiger partial charge on any atom is -0.394 e. The van der Waals surface area contributed by atoms with E-state index in [4.69, 9.17) is 5.11 Å². The van der Waals surface area contributed by atoms with Crippen molar-refractivity contribution in [3.8, 4) is 0 Å². The maximum Gasteiger partial charge on any atom is 0.0799 e. The third-order valence-corrected chi connectivity index (χ3v) is 3.19. The second-order valence-corrected chi connectivity index (χ2v) is 4.28. The topological polar surface area (TPSA) is 43.7 Å². The average molecular weight is 201 g/mol. The summed E-state index contributed by atoms with van der Waals surface area (Å²) in [7, 11) is 0. The van der Waals surface area contributed by atoms with Crippen LogP contribution in [0.5, 0.6) is 0 Å². The van der Waals surface area contributed by atoms with Crippen LogP contribution in [-0.4, -0.2) is 47.5 Å². The minimum absolute atomic E-state index is 0.0837. The lowest BCUT2D eigenvalue weighted by Gasteiger charge is -2.33. The fraction of sp³-hybridized carbons (Fsp3) is 1.00. The van der Waals surface area contributed by atoms with Crippen LogP contribution >= 0.6 is 0 Å². The van der Waals surface area contributed by atoms with E-state index in [0.29, 0.717) is 5.92 Å². The van der Waals surface area contributed by atoms with E-state index in [1.54, 1.807) is 0 Å². The number of aliphatic hydroxyl groups is 2. The Labute approximate surface area is 86.7 Å². The zero-order valence-corrected chi connectivity index (χ0v) is 9.15. The van der Waals surface area contributed by atoms with E-state index >= 15 is 0 Å². The maximum absolute atomic E-state index is 9.48. The van der Waals surface area contributed by atoms with Gasteiger partial charge in [-0.2, -0.15) is 0 Å². The Balaban J connectivity index is 2.17. The molecule has 1 unspecified atom stereocenters. The van der Waals surface area contributed by atoms with Crippen LogP contribution in [0.3, 0.4) is 0 Å². The van der Waals surface area contributed by atoms with Crippen molar-refractivity contribution in [2.24, 2.45) is 5.92 Å². The van der Waals surface area contributed by atoms with Gasteiger partial charge >= 0.3 is 0 Å². The molecule has 0 bridgehead atoms. The number of nitrogens with zero attached hydrogens (tertiary/aromatic N) is 1. The van der Waals surface area contributed by atoms with Crippen molar-refractivity contribution in [1.82, 2.24) is 4.90 Å². The van der Waals surface area contributed by atoms with Crippen LogP contribution in [0.4, 0.5) is 0 Å². The monoisotopic (exact) mass is 201 g/mol. The van der Waals surface area contributed by atoms with E-state index < -0.39 is 6.10 Å². The SMILES string of the molecule is CCCCN1CCC(C(O)CO)CC1. The molecule has 0 saturated carbocycles. The first-order valence-electron chi connectivity index (χ1n) is 5.79. The molecule has 0 aliphatic carbocycles. The fourth-order valence-electron chi connectivity index (χ4n) is 2.09. The first-order valence-corrected chi connectivity index (χ1v) is 5.79. The van der Waals surface area contributed by atoms with Gasteiger partial charge in [-0.15, -0.1) is 0 Å². The van der Waals surface area contributed by atoms with E-state index in [9.17, 15) is 5.11 Å². The summed E-state index contributed by atoms with van der Waals surface area (Å²) in [6.07, 6.45) is 4.09. The van der Waals surface area contributed by atoms with Gasteiger partial charge in [-0.05, 0) is 44.8 Å². The summed E-state index contributed by atoms with van der Waals surface area (Å²) in [5.74, 6) is 0.317. The standard InChI is InChI=1S/C11H23NO2/c1-2-3-6-12-7-4-10(5-8-12)11(14)9-13/h10-11,13-14H,2-9H2,1H3. The van der Waals surface area contributed by atoms with Crippen molar-refractivity contribution >= 4 is 0 Å². The molecule has 0 amide bonds. The fourth-order valence-corrected chi connectivity index (χ4v) is 2.09. The highest BCUT2D eigenvalue weighted by molar-refractivity contribution is 4.76. The lowest BCUT2D eigenvalue weighted by atomic mass is 9.91. The van der Waals surface area contributed by atoms with Gasteiger partial charge in [-0.3, -0.25) is 0 Å². The highest BCUT2D eigenvalue weighted by Gasteiger charge is 2.23. The molecule has 1 aliphatic heterocycles. The summed E-state index contributed by atoms with van der Waals surface area (Å²) in [6, 6.07) is 0. The quantitative estimate of drug-likeness (QED) is 0.693. The molecule has 1 atom stereocenters. The molecular formula is C11H23NO2. The zero-order chi connectivity index (χ0) is 10.4. The van der Waals surface area contributed by atoms with Crippen molar-refractivity contribution in [2.75, 3.05) is 26.2 Å². The molecule has 1 rings (SSSR count). The summed E-state index contributed by atoms with van der Waals surface area (Å²) >= 11 is 0. The van der Waals surface area contributed by atoms with Gasteiger partial charge in [0.2, 0.25) is 0 Å². The van der Waals surface area contributed by atoms with Crippen molar-refractivity contribution in [3.63, 3.8) is 0 Å². The molecule has 2 N–H and O–H groups in total. The largest absolute Gasteiger partial charge is 0.394 e. The summed E-state index contributed by atoms with van der Waals surface area (Å²) in [4.78, 5) is 2.46. The van der Waals surface area contributed by atoms with Gasteiger partial charge in [0, 0.05) is 0 Å².